The maximum absolute atomic E-state index is 13.0. The van der Waals surface area contributed by atoms with E-state index in [0.717, 1.165) is 17.8 Å². The van der Waals surface area contributed by atoms with Crippen LogP contribution in [0.1, 0.15) is 38.1 Å². The van der Waals surface area contributed by atoms with Gasteiger partial charge >= 0.3 is 0 Å². The van der Waals surface area contributed by atoms with E-state index in [9.17, 15) is 4.39 Å². The molecule has 0 saturated heterocycles. The van der Waals surface area contributed by atoms with Gasteiger partial charge in [0.2, 0.25) is 0 Å². The third-order valence-corrected chi connectivity index (χ3v) is 2.89. The Morgan fingerprint density at radius 2 is 2.05 bits per heavy atom. The van der Waals surface area contributed by atoms with Crippen LogP contribution in [0.2, 0.25) is 0 Å². The number of halogens is 1. The quantitative estimate of drug-likeness (QED) is 0.887. The first-order valence-corrected chi connectivity index (χ1v) is 7.06. The van der Waals surface area contributed by atoms with Crippen molar-refractivity contribution in [3.8, 4) is 5.75 Å². The molecule has 0 aliphatic carbocycles. The normalized spacial score (nSPS) is 12.4. The number of rotatable bonds is 6. The van der Waals surface area contributed by atoms with Crippen molar-refractivity contribution in [3.63, 3.8) is 0 Å². The Morgan fingerprint density at radius 3 is 2.67 bits per heavy atom. The summed E-state index contributed by atoms with van der Waals surface area (Å²) in [4.78, 5) is 8.38. The van der Waals surface area contributed by atoms with Gasteiger partial charge in [-0.15, -0.1) is 0 Å². The summed E-state index contributed by atoms with van der Waals surface area (Å²) < 4.78 is 18.7. The van der Waals surface area contributed by atoms with E-state index in [1.165, 1.54) is 12.3 Å². The van der Waals surface area contributed by atoms with Crippen LogP contribution in [-0.4, -0.2) is 22.6 Å². The van der Waals surface area contributed by atoms with Crippen LogP contribution >= 0.6 is 0 Å². The number of ether oxygens (including phenoxy) is 1. The molecule has 0 radical (unpaired) electrons. The molecule has 1 N–H and O–H groups in total. The highest BCUT2D eigenvalue weighted by Gasteiger charge is 2.16. The Balaban J connectivity index is 2.31. The van der Waals surface area contributed by atoms with Crippen LogP contribution in [0, 0.1) is 5.82 Å². The number of hydrogen-bond acceptors (Lipinski definition) is 4. The highest BCUT2D eigenvalue weighted by atomic mass is 19.1. The van der Waals surface area contributed by atoms with E-state index in [1.807, 2.05) is 26.8 Å². The van der Waals surface area contributed by atoms with Gasteiger partial charge in [-0.1, -0.05) is 6.92 Å². The third-order valence-electron chi connectivity index (χ3n) is 2.89. The number of aromatic nitrogens is 2. The van der Waals surface area contributed by atoms with Crippen LogP contribution in [-0.2, 0) is 0 Å². The maximum Gasteiger partial charge on any atom is 0.141 e. The zero-order chi connectivity index (χ0) is 15.2. The monoisotopic (exact) mass is 289 g/mol. The summed E-state index contributed by atoms with van der Waals surface area (Å²) in [6.07, 6.45) is 4.76. The van der Waals surface area contributed by atoms with E-state index in [4.69, 9.17) is 4.74 Å². The lowest BCUT2D eigenvalue weighted by atomic mass is 10.0. The smallest absolute Gasteiger partial charge is 0.141 e. The van der Waals surface area contributed by atoms with E-state index in [-0.39, 0.29) is 18.0 Å². The highest BCUT2D eigenvalue weighted by Crippen LogP contribution is 2.23. The second kappa shape index (κ2) is 7.13. The molecule has 2 aromatic heterocycles. The molecule has 0 aromatic carbocycles. The zero-order valence-corrected chi connectivity index (χ0v) is 12.5. The topological polar surface area (TPSA) is 47.0 Å². The average molecular weight is 289 g/mol. The van der Waals surface area contributed by atoms with Crippen LogP contribution in [0.3, 0.4) is 0 Å². The third kappa shape index (κ3) is 4.23. The lowest BCUT2D eigenvalue weighted by Crippen LogP contribution is -2.23. The summed E-state index contributed by atoms with van der Waals surface area (Å²) in [6, 6.07) is 4.89. The van der Waals surface area contributed by atoms with E-state index < -0.39 is 0 Å². The molecule has 0 saturated carbocycles. The lowest BCUT2D eigenvalue weighted by molar-refractivity contribution is 0.241. The van der Waals surface area contributed by atoms with Gasteiger partial charge in [0.25, 0.3) is 0 Å². The van der Waals surface area contributed by atoms with Crippen molar-refractivity contribution >= 4 is 0 Å². The number of hydrogen-bond donors (Lipinski definition) is 1. The summed E-state index contributed by atoms with van der Waals surface area (Å²) in [6.45, 7) is 6.71. The van der Waals surface area contributed by atoms with Gasteiger partial charge in [-0.05, 0) is 44.2 Å². The van der Waals surface area contributed by atoms with Crippen molar-refractivity contribution in [2.75, 3.05) is 6.54 Å². The molecule has 0 spiro atoms. The van der Waals surface area contributed by atoms with Crippen molar-refractivity contribution in [2.24, 2.45) is 0 Å². The van der Waals surface area contributed by atoms with E-state index in [0.29, 0.717) is 5.75 Å². The molecule has 1 atom stereocenters. The van der Waals surface area contributed by atoms with Gasteiger partial charge in [0.15, 0.2) is 0 Å². The number of nitrogens with one attached hydrogen (secondary N) is 1. The summed E-state index contributed by atoms with van der Waals surface area (Å²) in [5, 5.41) is 3.33. The Labute approximate surface area is 124 Å². The molecule has 0 fully saturated rings. The number of nitrogens with zero attached hydrogens (tertiary/aromatic N) is 2. The Hall–Kier alpha value is -2.01. The minimum atomic E-state index is -0.344. The first-order chi connectivity index (χ1) is 10.1. The van der Waals surface area contributed by atoms with Crippen molar-refractivity contribution in [2.45, 2.75) is 32.9 Å². The second-order valence-corrected chi connectivity index (χ2v) is 5.01. The Bertz CT molecular complexity index is 572. The van der Waals surface area contributed by atoms with Gasteiger partial charge in [-0.25, -0.2) is 4.39 Å². The van der Waals surface area contributed by atoms with Gasteiger partial charge < -0.3 is 10.1 Å². The largest absolute Gasteiger partial charge is 0.489 e. The molecule has 2 rings (SSSR count). The fourth-order valence-corrected chi connectivity index (χ4v) is 2.09. The predicted molar refractivity (Wildman–Crippen MR) is 79.7 cm³/mol. The standard InChI is InChI=1S/C16H20FN3O/c1-4-19-16(15-6-5-13(17)9-20-15)12-7-14(10-18-8-12)21-11(2)3/h5-11,16,19H,4H2,1-3H3. The molecule has 1 unspecified atom stereocenters. The van der Waals surface area contributed by atoms with E-state index in [1.54, 1.807) is 18.5 Å². The predicted octanol–water partition coefficient (Wildman–Crippen LogP) is 3.10. The lowest BCUT2D eigenvalue weighted by Gasteiger charge is -2.19. The fourth-order valence-electron chi connectivity index (χ4n) is 2.09. The molecule has 2 heterocycles. The average Bonchev–Trinajstić information content (AvgIpc) is 2.45. The summed E-state index contributed by atoms with van der Waals surface area (Å²) in [5.74, 6) is 0.372. The minimum Gasteiger partial charge on any atom is -0.489 e. The first kappa shape index (κ1) is 15.4. The van der Waals surface area contributed by atoms with Gasteiger partial charge in [-0.3, -0.25) is 9.97 Å². The first-order valence-electron chi connectivity index (χ1n) is 7.06. The zero-order valence-electron chi connectivity index (χ0n) is 12.5. The molecule has 0 aliphatic heterocycles. The van der Waals surface area contributed by atoms with Gasteiger partial charge in [-0.2, -0.15) is 0 Å². The SMILES string of the molecule is CCNC(c1cncc(OC(C)C)c1)c1ccc(F)cn1. The van der Waals surface area contributed by atoms with Gasteiger partial charge in [0.1, 0.15) is 11.6 Å². The van der Waals surface area contributed by atoms with Crippen LogP contribution in [0.4, 0.5) is 4.39 Å². The minimum absolute atomic E-state index is 0.0866. The fraction of sp³-hybridized carbons (Fsp3) is 0.375. The molecule has 0 amide bonds. The summed E-state index contributed by atoms with van der Waals surface area (Å²) >= 11 is 0. The summed E-state index contributed by atoms with van der Waals surface area (Å²) in [5.41, 5.74) is 1.69. The second-order valence-electron chi connectivity index (χ2n) is 5.01. The van der Waals surface area contributed by atoms with E-state index >= 15 is 0 Å². The molecule has 0 bridgehead atoms. The highest BCUT2D eigenvalue weighted by molar-refractivity contribution is 5.31. The van der Waals surface area contributed by atoms with Crippen molar-refractivity contribution in [3.05, 3.63) is 53.9 Å². The van der Waals surface area contributed by atoms with Gasteiger partial charge in [0.05, 0.1) is 30.2 Å². The molecule has 4 nitrogen and oxygen atoms in total. The molecular weight excluding hydrogens is 269 g/mol. The van der Waals surface area contributed by atoms with Crippen molar-refractivity contribution in [1.82, 2.24) is 15.3 Å². The summed E-state index contributed by atoms with van der Waals surface area (Å²) in [7, 11) is 0. The Morgan fingerprint density at radius 1 is 1.24 bits per heavy atom. The van der Waals surface area contributed by atoms with Gasteiger partial charge in [0, 0.05) is 6.20 Å². The van der Waals surface area contributed by atoms with Crippen LogP contribution in [0.5, 0.6) is 5.75 Å². The molecular formula is C16H20FN3O. The van der Waals surface area contributed by atoms with Crippen LogP contribution < -0.4 is 10.1 Å². The van der Waals surface area contributed by atoms with Crippen LogP contribution in [0.15, 0.2) is 36.8 Å². The van der Waals surface area contributed by atoms with Crippen LogP contribution in [0.25, 0.3) is 0 Å². The molecule has 0 aliphatic rings. The molecule has 112 valence electrons. The maximum atomic E-state index is 13.0. The van der Waals surface area contributed by atoms with Crippen molar-refractivity contribution < 1.29 is 9.13 Å². The van der Waals surface area contributed by atoms with Crippen molar-refractivity contribution in [1.29, 1.82) is 0 Å². The Kier molecular flexibility index (Phi) is 5.22. The molecule has 5 heteroatoms. The number of pyridine rings is 2. The molecule has 2 aromatic rings. The van der Waals surface area contributed by atoms with E-state index in [2.05, 4.69) is 15.3 Å². The molecule has 21 heavy (non-hydrogen) atoms.